The van der Waals surface area contributed by atoms with Crippen LogP contribution >= 0.6 is 0 Å². The lowest BCUT2D eigenvalue weighted by Gasteiger charge is -2.28. The number of carbonyl (C=O) groups is 1. The summed E-state index contributed by atoms with van der Waals surface area (Å²) >= 11 is 0. The van der Waals surface area contributed by atoms with Crippen LogP contribution < -0.4 is 4.18 Å². The van der Waals surface area contributed by atoms with Crippen LogP contribution in [0.5, 0.6) is 5.75 Å². The Bertz CT molecular complexity index is 1080. The van der Waals surface area contributed by atoms with E-state index in [-0.39, 0.29) is 30.2 Å². The molecule has 0 radical (unpaired) electrons. The van der Waals surface area contributed by atoms with Crippen LogP contribution in [0, 0.1) is 5.92 Å². The first kappa shape index (κ1) is 25.0. The number of ether oxygens (including phenoxy) is 1. The van der Waals surface area contributed by atoms with Gasteiger partial charge >= 0.3 is 16.3 Å². The predicted octanol–water partition coefficient (Wildman–Crippen LogP) is 4.64. The van der Waals surface area contributed by atoms with Gasteiger partial charge in [-0.05, 0) is 37.1 Å². The topological polar surface area (TPSA) is 72.9 Å². The Balaban J connectivity index is 1.86. The zero-order chi connectivity index (χ0) is 24.2. The Morgan fingerprint density at radius 2 is 1.91 bits per heavy atom. The van der Waals surface area contributed by atoms with Gasteiger partial charge in [0.15, 0.2) is 0 Å². The molecule has 2 aromatic rings. The molecule has 1 heterocycles. The molecule has 0 unspecified atom stereocenters. The van der Waals surface area contributed by atoms with Crippen LogP contribution in [0.1, 0.15) is 37.8 Å². The second-order valence-electron chi connectivity index (χ2n) is 8.18. The summed E-state index contributed by atoms with van der Waals surface area (Å²) in [5.41, 5.74) is -0.675. The normalized spacial score (nSPS) is 16.7. The predicted molar refractivity (Wildman–Crippen MR) is 115 cm³/mol. The lowest BCUT2D eigenvalue weighted by atomic mass is 10.1. The number of amides is 1. The van der Waals surface area contributed by atoms with E-state index < -0.39 is 26.8 Å². The zero-order valence-electron chi connectivity index (χ0n) is 18.3. The fourth-order valence-electron chi connectivity index (χ4n) is 3.55. The van der Waals surface area contributed by atoms with Crippen molar-refractivity contribution < 1.29 is 35.3 Å². The highest BCUT2D eigenvalue weighted by molar-refractivity contribution is 7.87. The number of hydrogen-bond acceptors (Lipinski definition) is 5. The number of carbonyl (C=O) groups excluding carboxylic acids is 1. The van der Waals surface area contributed by atoms with Gasteiger partial charge in [-0.1, -0.05) is 38.1 Å². The van der Waals surface area contributed by atoms with Gasteiger partial charge in [-0.2, -0.15) is 21.6 Å². The number of para-hydroxylation sites is 1. The number of benzene rings is 2. The van der Waals surface area contributed by atoms with Crippen molar-refractivity contribution in [2.75, 3.05) is 13.2 Å². The smallest absolute Gasteiger partial charge is 0.379 e. The maximum atomic E-state index is 13.0. The summed E-state index contributed by atoms with van der Waals surface area (Å²) in [6, 6.07) is 9.61. The van der Waals surface area contributed by atoms with E-state index in [9.17, 15) is 26.4 Å². The minimum Gasteiger partial charge on any atom is -0.379 e. The number of halogens is 3. The van der Waals surface area contributed by atoms with Crippen LogP contribution in [-0.4, -0.2) is 38.5 Å². The van der Waals surface area contributed by atoms with E-state index in [1.807, 2.05) is 0 Å². The van der Waals surface area contributed by atoms with E-state index in [1.54, 1.807) is 36.9 Å². The Hall–Kier alpha value is -2.59. The molecule has 1 fully saturated rings. The fraction of sp³-hybridized carbons (Fsp3) is 0.435. The molecule has 10 heteroatoms. The average molecular weight is 486 g/mol. The van der Waals surface area contributed by atoms with Crippen LogP contribution in [0.25, 0.3) is 0 Å². The number of alkyl halides is 3. The summed E-state index contributed by atoms with van der Waals surface area (Å²) in [7, 11) is -4.54. The quantitative estimate of drug-likeness (QED) is 0.510. The number of hydrogen-bond donors (Lipinski definition) is 0. The third kappa shape index (κ3) is 6.48. The first-order chi connectivity index (χ1) is 15.5. The highest BCUT2D eigenvalue weighted by atomic mass is 32.2. The molecule has 180 valence electrons. The molecular formula is C23H26F3NO5S. The zero-order valence-corrected chi connectivity index (χ0v) is 19.2. The molecule has 1 amide bonds. The van der Waals surface area contributed by atoms with Gasteiger partial charge in [0, 0.05) is 31.2 Å². The van der Waals surface area contributed by atoms with E-state index in [0.717, 1.165) is 31.0 Å². The maximum Gasteiger partial charge on any atom is 0.416 e. The fourth-order valence-corrected chi connectivity index (χ4v) is 4.56. The molecule has 6 nitrogen and oxygen atoms in total. The van der Waals surface area contributed by atoms with Crippen molar-refractivity contribution in [1.29, 1.82) is 0 Å². The molecule has 0 bridgehead atoms. The first-order valence-electron chi connectivity index (χ1n) is 10.6. The summed E-state index contributed by atoms with van der Waals surface area (Å²) in [5.74, 6) is -0.460. The van der Waals surface area contributed by atoms with E-state index >= 15 is 0 Å². The van der Waals surface area contributed by atoms with Crippen LogP contribution in [0.3, 0.4) is 0 Å². The second-order valence-corrected chi connectivity index (χ2v) is 9.73. The summed E-state index contributed by atoms with van der Waals surface area (Å²) in [4.78, 5) is 13.8. The van der Waals surface area contributed by atoms with Gasteiger partial charge in [0.2, 0.25) is 5.91 Å². The van der Waals surface area contributed by atoms with Crippen LogP contribution in [0.4, 0.5) is 13.2 Å². The monoisotopic (exact) mass is 485 g/mol. The van der Waals surface area contributed by atoms with E-state index in [0.29, 0.717) is 24.8 Å². The number of nitrogens with zero attached hydrogens (tertiary/aromatic N) is 1. The van der Waals surface area contributed by atoms with Crippen LogP contribution in [-0.2, 0) is 32.4 Å². The van der Waals surface area contributed by atoms with Gasteiger partial charge in [0.25, 0.3) is 0 Å². The van der Waals surface area contributed by atoms with Crippen molar-refractivity contribution >= 4 is 16.0 Å². The molecule has 0 saturated carbocycles. The third-order valence-electron chi connectivity index (χ3n) is 5.24. The molecule has 0 aromatic heterocycles. The molecular weight excluding hydrogens is 459 g/mol. The standard InChI is InChI=1S/C23H26F3NO5S/c1-16(2)22(28)27(15-19-9-6-12-31-19)14-17-7-3-4-11-21(17)32-33(29,30)20-10-5-8-18(13-20)23(24,25)26/h3-5,7-8,10-11,13,16,19H,6,9,12,14-15H2,1-2H3/t19-/m0/s1. The Labute approximate surface area is 191 Å². The minimum atomic E-state index is -4.69. The van der Waals surface area contributed by atoms with Crippen molar-refractivity contribution in [1.82, 2.24) is 4.90 Å². The largest absolute Gasteiger partial charge is 0.416 e. The van der Waals surface area contributed by atoms with E-state index in [4.69, 9.17) is 8.92 Å². The lowest BCUT2D eigenvalue weighted by Crippen LogP contribution is -2.39. The van der Waals surface area contributed by atoms with Gasteiger partial charge in [-0.25, -0.2) is 0 Å². The molecule has 1 atom stereocenters. The molecule has 1 aliphatic heterocycles. The van der Waals surface area contributed by atoms with Crippen LogP contribution in [0.15, 0.2) is 53.4 Å². The Morgan fingerprint density at radius 3 is 2.55 bits per heavy atom. The molecule has 3 rings (SSSR count). The summed E-state index contributed by atoms with van der Waals surface area (Å²) < 4.78 is 75.4. The van der Waals surface area contributed by atoms with E-state index in [1.165, 1.54) is 6.07 Å². The summed E-state index contributed by atoms with van der Waals surface area (Å²) in [6.07, 6.45) is -3.06. The Morgan fingerprint density at radius 1 is 1.18 bits per heavy atom. The summed E-state index contributed by atoms with van der Waals surface area (Å²) in [6.45, 7) is 4.59. The van der Waals surface area contributed by atoms with Gasteiger partial charge in [-0.3, -0.25) is 4.79 Å². The number of rotatable bonds is 8. The second kappa shape index (κ2) is 10.1. The molecule has 0 spiro atoms. The average Bonchev–Trinajstić information content (AvgIpc) is 3.26. The van der Waals surface area contributed by atoms with Gasteiger partial charge < -0.3 is 13.8 Å². The van der Waals surface area contributed by atoms with Gasteiger partial charge in [0.05, 0.1) is 11.7 Å². The lowest BCUT2D eigenvalue weighted by molar-refractivity contribution is -0.138. The highest BCUT2D eigenvalue weighted by Gasteiger charge is 2.32. The molecule has 2 aromatic carbocycles. The summed E-state index contributed by atoms with van der Waals surface area (Å²) in [5, 5.41) is 0. The first-order valence-corrected chi connectivity index (χ1v) is 12.0. The van der Waals surface area contributed by atoms with Crippen molar-refractivity contribution in [3.05, 3.63) is 59.7 Å². The van der Waals surface area contributed by atoms with Crippen LogP contribution in [0.2, 0.25) is 0 Å². The van der Waals surface area contributed by atoms with Crippen molar-refractivity contribution in [3.63, 3.8) is 0 Å². The van der Waals surface area contributed by atoms with Gasteiger partial charge in [-0.15, -0.1) is 0 Å². The van der Waals surface area contributed by atoms with Gasteiger partial charge in [0.1, 0.15) is 10.6 Å². The molecule has 1 aliphatic rings. The SMILES string of the molecule is CC(C)C(=O)N(Cc1ccccc1OS(=O)(=O)c1cccc(C(F)(F)F)c1)C[C@@H]1CCCO1. The maximum absolute atomic E-state index is 13.0. The van der Waals surface area contributed by atoms with E-state index in [2.05, 4.69) is 0 Å². The molecule has 0 aliphatic carbocycles. The molecule has 0 N–H and O–H groups in total. The highest BCUT2D eigenvalue weighted by Crippen LogP contribution is 2.32. The Kier molecular flexibility index (Phi) is 7.69. The van der Waals surface area contributed by atoms with Crippen molar-refractivity contribution in [2.24, 2.45) is 5.92 Å². The third-order valence-corrected chi connectivity index (χ3v) is 6.47. The molecule has 33 heavy (non-hydrogen) atoms. The van der Waals surface area contributed by atoms with Crippen molar-refractivity contribution in [2.45, 2.75) is 50.4 Å². The minimum absolute atomic E-state index is 0.0520. The molecule has 1 saturated heterocycles. The van der Waals surface area contributed by atoms with Crippen molar-refractivity contribution in [3.8, 4) is 5.75 Å².